The quantitative estimate of drug-likeness (QED) is 0.111. The summed E-state index contributed by atoms with van der Waals surface area (Å²) in [5.41, 5.74) is 5.06. The van der Waals surface area contributed by atoms with E-state index in [1.54, 1.807) is 0 Å². The summed E-state index contributed by atoms with van der Waals surface area (Å²) in [5, 5.41) is 5.59. The van der Waals surface area contributed by atoms with Gasteiger partial charge in [0.25, 0.3) is 0 Å². The molecule has 11 nitrogen and oxygen atoms in total. The van der Waals surface area contributed by atoms with Gasteiger partial charge in [-0.15, -0.1) is 22.7 Å². The van der Waals surface area contributed by atoms with Crippen molar-refractivity contribution >= 4 is 53.0 Å². The molecule has 2 aromatic heterocycles. The van der Waals surface area contributed by atoms with Crippen molar-refractivity contribution in [2.45, 2.75) is 36.5 Å². The summed E-state index contributed by atoms with van der Waals surface area (Å²) in [4.78, 5) is 12.5. The minimum Gasteiger partial charge on any atom is -0.494 e. The summed E-state index contributed by atoms with van der Waals surface area (Å²) in [7, 11) is -8.04. The molecule has 8 rings (SSSR count). The van der Waals surface area contributed by atoms with E-state index >= 15 is 0 Å². The summed E-state index contributed by atoms with van der Waals surface area (Å²) in [6.45, 7) is 7.25. The Labute approximate surface area is 367 Å². The minimum absolute atomic E-state index is 0.192. The Morgan fingerprint density at radius 1 is 0.581 bits per heavy atom. The van der Waals surface area contributed by atoms with E-state index in [1.165, 1.54) is 36.8 Å². The van der Waals surface area contributed by atoms with Gasteiger partial charge in [0.1, 0.15) is 38.8 Å². The number of halogens is 4. The molecule has 0 amide bonds. The SMILES string of the molecule is CCCc1ccc(-c2csc(N3CCN(S(=O)(=O)c4ccc(F)cc4F)CC3)n2)cc1.CCOc1ccc(-c2csc(N3CCN(S(=O)(=O)c4ccc(F)cc4F)CC3)n2)cc1. The first-order valence-electron chi connectivity index (χ1n) is 19.9. The van der Waals surface area contributed by atoms with Gasteiger partial charge in [-0.05, 0) is 67.4 Å². The van der Waals surface area contributed by atoms with Crippen molar-refractivity contribution in [1.29, 1.82) is 0 Å². The van der Waals surface area contributed by atoms with Crippen LogP contribution in [0, 0.1) is 23.3 Å². The average Bonchev–Trinajstić information content (AvgIpc) is 3.97. The Bertz CT molecular complexity index is 2500. The maximum Gasteiger partial charge on any atom is 0.246 e. The van der Waals surface area contributed by atoms with Gasteiger partial charge in [0.05, 0.1) is 18.0 Å². The number of aryl methyl sites for hydroxylation is 1. The van der Waals surface area contributed by atoms with Crippen molar-refractivity contribution in [2.24, 2.45) is 0 Å². The number of nitrogens with zero attached hydrogens (tertiary/aromatic N) is 6. The van der Waals surface area contributed by atoms with Crippen LogP contribution in [0.25, 0.3) is 22.5 Å². The molecule has 0 unspecified atom stereocenters. The number of piperazine rings is 2. The normalized spacial score (nSPS) is 15.3. The van der Waals surface area contributed by atoms with Crippen molar-refractivity contribution in [2.75, 3.05) is 68.8 Å². The van der Waals surface area contributed by atoms with Crippen LogP contribution in [-0.2, 0) is 26.5 Å². The minimum atomic E-state index is -4.03. The first-order chi connectivity index (χ1) is 29.8. The van der Waals surface area contributed by atoms with E-state index in [4.69, 9.17) is 9.72 Å². The third kappa shape index (κ3) is 10.3. The van der Waals surface area contributed by atoms with E-state index in [0.717, 1.165) is 75.6 Å². The van der Waals surface area contributed by atoms with Crippen molar-refractivity contribution in [3.63, 3.8) is 0 Å². The predicted octanol–water partition coefficient (Wildman–Crippen LogP) is 8.55. The zero-order chi connectivity index (χ0) is 44.0. The fourth-order valence-electron chi connectivity index (χ4n) is 6.99. The molecule has 0 N–H and O–H groups in total. The molecule has 328 valence electrons. The van der Waals surface area contributed by atoms with E-state index in [2.05, 4.69) is 36.2 Å². The number of hydrogen-bond donors (Lipinski definition) is 0. The molecule has 0 radical (unpaired) electrons. The number of ether oxygens (including phenoxy) is 1. The molecule has 2 saturated heterocycles. The maximum absolute atomic E-state index is 14.0. The van der Waals surface area contributed by atoms with Crippen LogP contribution in [0.15, 0.2) is 105 Å². The van der Waals surface area contributed by atoms with Gasteiger partial charge in [-0.3, -0.25) is 0 Å². The van der Waals surface area contributed by atoms with Crippen molar-refractivity contribution in [3.8, 4) is 28.3 Å². The summed E-state index contributed by atoms with van der Waals surface area (Å²) in [6.07, 6.45) is 2.16. The topological polar surface area (TPSA) is 116 Å². The molecular formula is C43H44F4N6O5S4. The van der Waals surface area contributed by atoms with E-state index in [9.17, 15) is 34.4 Å². The highest BCUT2D eigenvalue weighted by Crippen LogP contribution is 2.32. The van der Waals surface area contributed by atoms with Crippen molar-refractivity contribution in [3.05, 3.63) is 125 Å². The van der Waals surface area contributed by atoms with Crippen LogP contribution >= 0.6 is 22.7 Å². The van der Waals surface area contributed by atoms with Crippen LogP contribution in [0.5, 0.6) is 5.75 Å². The van der Waals surface area contributed by atoms with Crippen LogP contribution < -0.4 is 14.5 Å². The smallest absolute Gasteiger partial charge is 0.246 e. The Morgan fingerprint density at radius 3 is 1.39 bits per heavy atom. The molecular weight excluding hydrogens is 885 g/mol. The molecule has 2 aliphatic heterocycles. The van der Waals surface area contributed by atoms with Gasteiger partial charge in [-0.1, -0.05) is 37.6 Å². The van der Waals surface area contributed by atoms with Crippen LogP contribution in [-0.4, -0.2) is 94.4 Å². The van der Waals surface area contributed by atoms with Gasteiger partial charge in [0.2, 0.25) is 20.0 Å². The third-order valence-electron chi connectivity index (χ3n) is 10.3. The molecule has 0 aliphatic carbocycles. The number of benzene rings is 4. The lowest BCUT2D eigenvalue weighted by Gasteiger charge is -2.33. The molecule has 0 atom stereocenters. The molecule has 2 fully saturated rings. The second kappa shape index (κ2) is 19.6. The van der Waals surface area contributed by atoms with Gasteiger partial charge < -0.3 is 14.5 Å². The number of rotatable bonds is 12. The van der Waals surface area contributed by atoms with E-state index in [1.807, 2.05) is 51.7 Å². The van der Waals surface area contributed by atoms with Crippen molar-refractivity contribution in [1.82, 2.24) is 18.6 Å². The zero-order valence-corrected chi connectivity index (χ0v) is 37.2. The summed E-state index contributed by atoms with van der Waals surface area (Å²) >= 11 is 3.01. The molecule has 0 spiro atoms. The van der Waals surface area contributed by atoms with Crippen LogP contribution in [0.2, 0.25) is 0 Å². The molecule has 19 heteroatoms. The molecule has 0 saturated carbocycles. The second-order valence-corrected chi connectivity index (χ2v) is 19.9. The Kier molecular flexibility index (Phi) is 14.3. The van der Waals surface area contributed by atoms with E-state index in [-0.39, 0.29) is 26.2 Å². The van der Waals surface area contributed by atoms with Crippen LogP contribution in [0.1, 0.15) is 25.8 Å². The number of thiazole rings is 2. The highest BCUT2D eigenvalue weighted by Gasteiger charge is 2.33. The van der Waals surface area contributed by atoms with Crippen molar-refractivity contribution < 1.29 is 39.1 Å². The first-order valence-corrected chi connectivity index (χ1v) is 24.5. The molecule has 2 aliphatic rings. The average molecular weight is 929 g/mol. The summed E-state index contributed by atoms with van der Waals surface area (Å²) in [6, 6.07) is 21.1. The number of aromatic nitrogens is 2. The molecule has 0 bridgehead atoms. The number of anilines is 2. The van der Waals surface area contributed by atoms with Gasteiger partial charge >= 0.3 is 0 Å². The van der Waals surface area contributed by atoms with Crippen LogP contribution in [0.4, 0.5) is 27.8 Å². The maximum atomic E-state index is 14.0. The van der Waals surface area contributed by atoms with Gasteiger partial charge in [-0.2, -0.15) is 8.61 Å². The number of hydrogen-bond acceptors (Lipinski definition) is 11. The fourth-order valence-corrected chi connectivity index (χ4v) is 11.7. The first kappa shape index (κ1) is 45.1. The third-order valence-corrected chi connectivity index (χ3v) is 15.9. The lowest BCUT2D eigenvalue weighted by Crippen LogP contribution is -2.48. The predicted molar refractivity (Wildman–Crippen MR) is 235 cm³/mol. The summed E-state index contributed by atoms with van der Waals surface area (Å²) in [5.74, 6) is -2.97. The lowest BCUT2D eigenvalue weighted by atomic mass is 10.1. The fraction of sp³-hybridized carbons (Fsp3) is 0.302. The largest absolute Gasteiger partial charge is 0.494 e. The van der Waals surface area contributed by atoms with E-state index < -0.39 is 53.1 Å². The van der Waals surface area contributed by atoms with Crippen LogP contribution in [0.3, 0.4) is 0 Å². The van der Waals surface area contributed by atoms with E-state index in [0.29, 0.717) is 44.9 Å². The molecule has 62 heavy (non-hydrogen) atoms. The second-order valence-electron chi connectivity index (χ2n) is 14.4. The molecule has 6 aromatic rings. The standard InChI is InChI=1S/C22H23F2N3O2S2.C21H21F2N3O3S2/c1-2-3-16-4-6-17(7-5-16)20-15-30-22(25-20)26-10-12-27(13-11-26)31(28,29)21-9-8-18(23)14-19(21)24;1-2-29-17-6-3-15(4-7-17)19-14-30-21(24-19)25-9-11-26(12-10-25)31(27,28)20-8-5-16(22)13-18(20)23/h4-9,14-15H,2-3,10-13H2,1H3;3-8,13-14H,2,9-12H2,1H3. The number of sulfonamides is 2. The summed E-state index contributed by atoms with van der Waals surface area (Å²) < 4.78 is 113. The Balaban J connectivity index is 0.000000186. The zero-order valence-electron chi connectivity index (χ0n) is 33.9. The highest BCUT2D eigenvalue weighted by atomic mass is 32.2. The lowest BCUT2D eigenvalue weighted by molar-refractivity contribution is 0.340. The molecule has 4 aromatic carbocycles. The Hall–Kier alpha value is -4.92. The Morgan fingerprint density at radius 2 is 1.00 bits per heavy atom. The monoisotopic (exact) mass is 928 g/mol. The van der Waals surface area contributed by atoms with Gasteiger partial charge in [0.15, 0.2) is 10.3 Å². The van der Waals surface area contributed by atoms with Gasteiger partial charge in [-0.25, -0.2) is 44.4 Å². The van der Waals surface area contributed by atoms with Gasteiger partial charge in [0, 0.05) is 86.4 Å². The molecule has 4 heterocycles. The highest BCUT2D eigenvalue weighted by molar-refractivity contribution is 7.89.